The number of nitrogens with one attached hydrogen (secondary N) is 2. The molecule has 1 amide bonds. The van der Waals surface area contributed by atoms with Crippen LogP contribution in [0.15, 0.2) is 89.1 Å². The van der Waals surface area contributed by atoms with Gasteiger partial charge in [0.05, 0.1) is 6.04 Å². The van der Waals surface area contributed by atoms with Gasteiger partial charge in [0.1, 0.15) is 5.84 Å². The van der Waals surface area contributed by atoms with Crippen molar-refractivity contribution in [3.8, 4) is 0 Å². The van der Waals surface area contributed by atoms with E-state index in [1.807, 2.05) is 66.7 Å². The molecule has 36 heavy (non-hydrogen) atoms. The molecule has 2 unspecified atom stereocenters. The van der Waals surface area contributed by atoms with Crippen LogP contribution >= 0.6 is 0 Å². The number of carbonyl (C=O) groups excluding carboxylic acids is 2. The van der Waals surface area contributed by atoms with Crippen LogP contribution in [-0.4, -0.2) is 36.5 Å². The van der Waals surface area contributed by atoms with Gasteiger partial charge >= 0.3 is 0 Å². The van der Waals surface area contributed by atoms with Gasteiger partial charge in [-0.3, -0.25) is 14.6 Å². The second-order valence-electron chi connectivity index (χ2n) is 9.06. The Balaban J connectivity index is 1.12. The van der Waals surface area contributed by atoms with Gasteiger partial charge in [-0.2, -0.15) is 0 Å². The fourth-order valence-electron chi connectivity index (χ4n) is 4.42. The van der Waals surface area contributed by atoms with E-state index in [2.05, 4.69) is 10.8 Å². The molecule has 184 valence electrons. The van der Waals surface area contributed by atoms with Crippen LogP contribution in [0.3, 0.4) is 0 Å². The lowest BCUT2D eigenvalue weighted by atomic mass is 9.92. The first kappa shape index (κ1) is 23.9. The van der Waals surface area contributed by atoms with Gasteiger partial charge in [0.25, 0.3) is 5.91 Å². The summed E-state index contributed by atoms with van der Waals surface area (Å²) in [6.45, 7) is 0.661. The van der Waals surface area contributed by atoms with Crippen molar-refractivity contribution >= 4 is 23.6 Å². The maximum Gasteiger partial charge on any atom is 0.267 e. The molecule has 7 heteroatoms. The van der Waals surface area contributed by atoms with E-state index in [0.717, 1.165) is 47.5 Å². The Kier molecular flexibility index (Phi) is 7.50. The zero-order valence-electron chi connectivity index (χ0n) is 20.0. The number of amidine groups is 1. The smallest absolute Gasteiger partial charge is 0.267 e. The Labute approximate surface area is 210 Å². The zero-order chi connectivity index (χ0) is 24.7. The van der Waals surface area contributed by atoms with E-state index >= 15 is 0 Å². The minimum absolute atomic E-state index is 0.0467. The molecule has 2 aromatic rings. The van der Waals surface area contributed by atoms with E-state index in [4.69, 9.17) is 14.6 Å². The number of Topliss-reactive ketones (excluding diaryl/α,β-unsaturated/α-hetero) is 1. The number of amides is 1. The van der Waals surface area contributed by atoms with Crippen LogP contribution in [0.1, 0.15) is 47.2 Å². The highest BCUT2D eigenvalue weighted by Crippen LogP contribution is 2.27. The Morgan fingerprint density at radius 3 is 2.69 bits per heavy atom. The summed E-state index contributed by atoms with van der Waals surface area (Å²) >= 11 is 0. The number of hydrogen-bond donors (Lipinski definition) is 2. The number of allylic oxidation sites excluding steroid dienone is 2. The number of nitrogens with zero attached hydrogens (tertiary/aromatic N) is 1. The van der Waals surface area contributed by atoms with Crippen LogP contribution in [0.2, 0.25) is 0 Å². The molecule has 1 fully saturated rings. The summed E-state index contributed by atoms with van der Waals surface area (Å²) in [4.78, 5) is 34.9. The van der Waals surface area contributed by atoms with E-state index in [1.165, 1.54) is 6.08 Å². The van der Waals surface area contributed by atoms with Gasteiger partial charge in [0.2, 0.25) is 0 Å². The Morgan fingerprint density at radius 2 is 1.92 bits per heavy atom. The molecule has 1 aliphatic carbocycles. The summed E-state index contributed by atoms with van der Waals surface area (Å²) < 4.78 is 5.43. The topological polar surface area (TPSA) is 89.0 Å². The average Bonchev–Trinajstić information content (AvgIpc) is 3.33. The molecular formula is C29H29N3O4. The summed E-state index contributed by atoms with van der Waals surface area (Å²) in [6.07, 6.45) is 10.8. The standard InChI is InChI=1S/C29H29N3O4/c33-27(32-36-28-8-4-5-17-35-28)16-13-20-9-11-21(12-10-20)18-26-30-24-15-14-23(19-25(24)31-26)29(34)22-6-2-1-3-7-22/h1-3,6-7,9-16,25,28H,4-5,8,17-19H2,(H,30,31)(H,32,33)/b16-13+. The maximum absolute atomic E-state index is 12.8. The van der Waals surface area contributed by atoms with Crippen molar-refractivity contribution in [1.82, 2.24) is 10.8 Å². The fraction of sp³-hybridized carbons (Fsp3) is 0.276. The molecule has 2 aromatic carbocycles. The van der Waals surface area contributed by atoms with E-state index in [1.54, 1.807) is 6.08 Å². The lowest BCUT2D eigenvalue weighted by molar-refractivity contribution is -0.198. The van der Waals surface area contributed by atoms with Crippen LogP contribution in [0.4, 0.5) is 0 Å². The van der Waals surface area contributed by atoms with Crippen molar-refractivity contribution in [2.45, 2.75) is 44.4 Å². The van der Waals surface area contributed by atoms with Crippen molar-refractivity contribution in [2.24, 2.45) is 4.99 Å². The van der Waals surface area contributed by atoms with Crippen LogP contribution in [0, 0.1) is 0 Å². The highest BCUT2D eigenvalue weighted by molar-refractivity contribution is 6.09. The van der Waals surface area contributed by atoms with Gasteiger partial charge in [-0.15, -0.1) is 0 Å². The van der Waals surface area contributed by atoms with E-state index in [0.29, 0.717) is 25.0 Å². The number of aliphatic imine (C=N–C) groups is 1. The monoisotopic (exact) mass is 483 g/mol. The van der Waals surface area contributed by atoms with Crippen LogP contribution < -0.4 is 10.8 Å². The zero-order valence-corrected chi connectivity index (χ0v) is 20.0. The molecule has 0 aromatic heterocycles. The third kappa shape index (κ3) is 6.05. The summed E-state index contributed by atoms with van der Waals surface area (Å²) in [7, 11) is 0. The summed E-state index contributed by atoms with van der Waals surface area (Å²) in [5.41, 5.74) is 6.94. The minimum atomic E-state index is -0.367. The second kappa shape index (κ2) is 11.3. The first-order valence-corrected chi connectivity index (χ1v) is 12.3. The van der Waals surface area contributed by atoms with Gasteiger partial charge < -0.3 is 10.1 Å². The quantitative estimate of drug-likeness (QED) is 0.332. The number of ketones is 1. The molecular weight excluding hydrogens is 454 g/mol. The lowest BCUT2D eigenvalue weighted by Gasteiger charge is -2.21. The molecule has 0 bridgehead atoms. The Morgan fingerprint density at radius 1 is 1.08 bits per heavy atom. The molecule has 3 aliphatic rings. The minimum Gasteiger partial charge on any atom is -0.350 e. The van der Waals surface area contributed by atoms with Gasteiger partial charge in [0.15, 0.2) is 12.1 Å². The first-order chi connectivity index (χ1) is 17.6. The van der Waals surface area contributed by atoms with Crippen molar-refractivity contribution in [2.75, 3.05) is 6.61 Å². The predicted octanol–water partition coefficient (Wildman–Crippen LogP) is 4.28. The lowest BCUT2D eigenvalue weighted by Crippen LogP contribution is -2.32. The Bertz CT molecular complexity index is 1220. The molecule has 2 aliphatic heterocycles. The normalized spacial score (nSPS) is 21.2. The molecule has 0 spiro atoms. The molecule has 2 N–H and O–H groups in total. The highest BCUT2D eigenvalue weighted by Gasteiger charge is 2.28. The summed E-state index contributed by atoms with van der Waals surface area (Å²) in [6, 6.07) is 17.3. The molecule has 2 atom stereocenters. The van der Waals surface area contributed by atoms with E-state index in [9.17, 15) is 9.59 Å². The van der Waals surface area contributed by atoms with Crippen molar-refractivity contribution < 1.29 is 19.2 Å². The third-order valence-corrected chi connectivity index (χ3v) is 6.37. The molecule has 2 heterocycles. The van der Waals surface area contributed by atoms with Gasteiger partial charge in [-0.25, -0.2) is 10.3 Å². The van der Waals surface area contributed by atoms with Crippen LogP contribution in [0.5, 0.6) is 0 Å². The van der Waals surface area contributed by atoms with Gasteiger partial charge in [-0.1, -0.05) is 60.7 Å². The first-order valence-electron chi connectivity index (χ1n) is 12.3. The van der Waals surface area contributed by atoms with Crippen molar-refractivity contribution in [1.29, 1.82) is 0 Å². The number of fused-ring (bicyclic) bond motifs is 1. The number of hydroxylamine groups is 1. The number of ether oxygens (including phenoxy) is 1. The molecule has 0 saturated carbocycles. The van der Waals surface area contributed by atoms with Crippen molar-refractivity contribution in [3.63, 3.8) is 0 Å². The molecule has 1 saturated heterocycles. The van der Waals surface area contributed by atoms with E-state index < -0.39 is 0 Å². The average molecular weight is 484 g/mol. The second-order valence-corrected chi connectivity index (χ2v) is 9.06. The predicted molar refractivity (Wildman–Crippen MR) is 138 cm³/mol. The van der Waals surface area contributed by atoms with E-state index in [-0.39, 0.29) is 24.0 Å². The number of hydrogen-bond acceptors (Lipinski definition) is 6. The molecule has 0 radical (unpaired) electrons. The summed E-state index contributed by atoms with van der Waals surface area (Å²) in [5, 5.41) is 3.40. The largest absolute Gasteiger partial charge is 0.350 e. The van der Waals surface area contributed by atoms with Crippen LogP contribution in [0.25, 0.3) is 6.08 Å². The number of benzene rings is 2. The molecule has 7 nitrogen and oxygen atoms in total. The fourth-order valence-corrected chi connectivity index (χ4v) is 4.42. The number of carbonyl (C=O) groups is 2. The summed E-state index contributed by atoms with van der Waals surface area (Å²) in [5.74, 6) is 0.617. The molecule has 5 rings (SSSR count). The highest BCUT2D eigenvalue weighted by atomic mass is 16.8. The van der Waals surface area contributed by atoms with Crippen LogP contribution in [-0.2, 0) is 20.8 Å². The van der Waals surface area contributed by atoms with Gasteiger partial charge in [-0.05, 0) is 36.1 Å². The van der Waals surface area contributed by atoms with Gasteiger partial charge in [0, 0.05) is 48.8 Å². The maximum atomic E-state index is 12.8. The SMILES string of the molecule is O=C(/C=C/c1ccc(CC2=NC3CC(C(=O)c4ccccc4)=CC=C3N2)cc1)NOC1CCCCO1. The number of rotatable bonds is 8. The third-order valence-electron chi connectivity index (χ3n) is 6.37. The van der Waals surface area contributed by atoms with Crippen molar-refractivity contribution in [3.05, 3.63) is 101 Å². The Hall–Kier alpha value is -3.81.